The van der Waals surface area contributed by atoms with Gasteiger partial charge in [-0.2, -0.15) is 12.7 Å². The highest BCUT2D eigenvalue weighted by Gasteiger charge is 2.35. The second-order valence-electron chi connectivity index (χ2n) is 3.16. The van der Waals surface area contributed by atoms with Crippen molar-refractivity contribution in [3.8, 4) is 0 Å². The molecule has 0 aromatic carbocycles. The van der Waals surface area contributed by atoms with E-state index in [1.54, 1.807) is 4.31 Å². The van der Waals surface area contributed by atoms with Gasteiger partial charge in [-0.1, -0.05) is 0 Å². The smallest absolute Gasteiger partial charge is 0.279 e. The van der Waals surface area contributed by atoms with Gasteiger partial charge in [-0.25, -0.2) is 4.72 Å². The highest BCUT2D eigenvalue weighted by Crippen LogP contribution is 2.14. The lowest BCUT2D eigenvalue weighted by atomic mass is 10.2. The van der Waals surface area contributed by atoms with Crippen molar-refractivity contribution in [2.75, 3.05) is 26.2 Å². The Morgan fingerprint density at radius 3 is 2.67 bits per heavy atom. The molecule has 12 heavy (non-hydrogen) atoms. The molecule has 0 aromatic rings. The fourth-order valence-electron chi connectivity index (χ4n) is 1.75. The largest absolute Gasteiger partial charge is 0.315 e. The maximum Gasteiger partial charge on any atom is 0.279 e. The molecule has 0 amide bonds. The summed E-state index contributed by atoms with van der Waals surface area (Å²) in [7, 11) is -3.13. The Morgan fingerprint density at radius 2 is 2.17 bits per heavy atom. The van der Waals surface area contributed by atoms with Gasteiger partial charge in [0.1, 0.15) is 0 Å². The third-order valence-corrected chi connectivity index (χ3v) is 4.03. The summed E-state index contributed by atoms with van der Waals surface area (Å²) >= 11 is 0. The molecule has 2 N–H and O–H groups in total. The summed E-state index contributed by atoms with van der Waals surface area (Å²) in [5.74, 6) is 0. The van der Waals surface area contributed by atoms with Gasteiger partial charge in [-0.15, -0.1) is 0 Å². The lowest BCUT2D eigenvalue weighted by molar-refractivity contribution is 0.365. The van der Waals surface area contributed by atoms with Crippen LogP contribution in [-0.4, -0.2) is 44.9 Å². The van der Waals surface area contributed by atoms with Crippen molar-refractivity contribution in [2.45, 2.75) is 12.5 Å². The fraction of sp³-hybridized carbons (Fsp3) is 1.00. The third kappa shape index (κ3) is 1.35. The van der Waals surface area contributed by atoms with Crippen molar-refractivity contribution in [3.63, 3.8) is 0 Å². The summed E-state index contributed by atoms with van der Waals surface area (Å²) in [6, 6.07) is 0.171. The molecule has 0 radical (unpaired) electrons. The van der Waals surface area contributed by atoms with Crippen molar-refractivity contribution >= 4 is 10.2 Å². The molecular weight excluding hydrogens is 178 g/mol. The molecule has 2 fully saturated rings. The average molecular weight is 191 g/mol. The second kappa shape index (κ2) is 2.95. The van der Waals surface area contributed by atoms with Gasteiger partial charge < -0.3 is 5.32 Å². The molecule has 2 saturated heterocycles. The van der Waals surface area contributed by atoms with Crippen LogP contribution < -0.4 is 10.0 Å². The SMILES string of the molecule is O=S1(=O)NCCN1C1CCNC1. The summed E-state index contributed by atoms with van der Waals surface area (Å²) in [5, 5.41) is 3.15. The Morgan fingerprint density at radius 1 is 1.33 bits per heavy atom. The Labute approximate surface area is 72.3 Å². The second-order valence-corrected chi connectivity index (χ2v) is 4.86. The van der Waals surface area contributed by atoms with Gasteiger partial charge in [-0.05, 0) is 13.0 Å². The van der Waals surface area contributed by atoms with Crippen LogP contribution in [0, 0.1) is 0 Å². The monoisotopic (exact) mass is 191 g/mol. The molecule has 1 atom stereocenters. The maximum atomic E-state index is 11.3. The topological polar surface area (TPSA) is 61.4 Å². The van der Waals surface area contributed by atoms with Gasteiger partial charge in [0.05, 0.1) is 0 Å². The molecule has 0 saturated carbocycles. The Balaban J connectivity index is 2.12. The van der Waals surface area contributed by atoms with E-state index in [1.807, 2.05) is 0 Å². The van der Waals surface area contributed by atoms with E-state index in [-0.39, 0.29) is 6.04 Å². The normalized spacial score (nSPS) is 35.8. The van der Waals surface area contributed by atoms with Gasteiger partial charge in [-0.3, -0.25) is 0 Å². The van der Waals surface area contributed by atoms with E-state index in [4.69, 9.17) is 0 Å². The molecule has 0 aromatic heterocycles. The predicted molar refractivity (Wildman–Crippen MR) is 44.9 cm³/mol. The minimum atomic E-state index is -3.13. The predicted octanol–water partition coefficient (Wildman–Crippen LogP) is -1.50. The van der Waals surface area contributed by atoms with E-state index in [0.717, 1.165) is 19.5 Å². The van der Waals surface area contributed by atoms with Gasteiger partial charge in [0.15, 0.2) is 0 Å². The molecule has 70 valence electrons. The first-order valence-electron chi connectivity index (χ1n) is 4.17. The molecule has 1 unspecified atom stereocenters. The van der Waals surface area contributed by atoms with Crippen molar-refractivity contribution in [3.05, 3.63) is 0 Å². The molecule has 2 heterocycles. The molecular formula is C6H13N3O2S. The quantitative estimate of drug-likeness (QED) is 0.530. The molecule has 0 bridgehead atoms. The average Bonchev–Trinajstić information content (AvgIpc) is 2.55. The Bertz CT molecular complexity index is 258. The van der Waals surface area contributed by atoms with Crippen molar-refractivity contribution in [1.29, 1.82) is 0 Å². The first-order chi connectivity index (χ1) is 5.70. The van der Waals surface area contributed by atoms with Crippen LogP contribution in [0.15, 0.2) is 0 Å². The number of nitrogens with one attached hydrogen (secondary N) is 2. The number of rotatable bonds is 1. The van der Waals surface area contributed by atoms with Crippen molar-refractivity contribution in [2.24, 2.45) is 0 Å². The Hall–Kier alpha value is -0.170. The molecule has 2 aliphatic rings. The van der Waals surface area contributed by atoms with Gasteiger partial charge in [0.2, 0.25) is 0 Å². The number of hydrogen-bond acceptors (Lipinski definition) is 3. The van der Waals surface area contributed by atoms with Crippen molar-refractivity contribution in [1.82, 2.24) is 14.3 Å². The van der Waals surface area contributed by atoms with Crippen LogP contribution >= 0.6 is 0 Å². The van der Waals surface area contributed by atoms with E-state index >= 15 is 0 Å². The van der Waals surface area contributed by atoms with Crippen LogP contribution in [0.5, 0.6) is 0 Å². The van der Waals surface area contributed by atoms with Crippen LogP contribution in [-0.2, 0) is 10.2 Å². The van der Waals surface area contributed by atoms with Crippen LogP contribution in [0.1, 0.15) is 6.42 Å². The summed E-state index contributed by atoms with van der Waals surface area (Å²) < 4.78 is 26.7. The lowest BCUT2D eigenvalue weighted by Crippen LogP contribution is -2.39. The minimum Gasteiger partial charge on any atom is -0.315 e. The molecule has 2 rings (SSSR count). The first-order valence-corrected chi connectivity index (χ1v) is 5.61. The van der Waals surface area contributed by atoms with Crippen molar-refractivity contribution < 1.29 is 8.42 Å². The van der Waals surface area contributed by atoms with E-state index in [9.17, 15) is 8.42 Å². The van der Waals surface area contributed by atoms with Gasteiger partial charge in [0, 0.05) is 25.7 Å². The molecule has 5 nitrogen and oxygen atoms in total. The van der Waals surface area contributed by atoms with E-state index in [0.29, 0.717) is 13.1 Å². The van der Waals surface area contributed by atoms with Crippen LogP contribution in [0.4, 0.5) is 0 Å². The standard InChI is InChI=1S/C6H13N3O2S/c10-12(11)8-3-4-9(12)6-1-2-7-5-6/h6-8H,1-5H2. The summed E-state index contributed by atoms with van der Waals surface area (Å²) in [6.07, 6.45) is 0.931. The van der Waals surface area contributed by atoms with Gasteiger partial charge in [0.25, 0.3) is 10.2 Å². The minimum absolute atomic E-state index is 0.171. The fourth-order valence-corrected chi connectivity index (χ4v) is 3.17. The Kier molecular flexibility index (Phi) is 2.07. The van der Waals surface area contributed by atoms with Gasteiger partial charge >= 0.3 is 0 Å². The zero-order valence-corrected chi connectivity index (χ0v) is 7.60. The molecule has 2 aliphatic heterocycles. The van der Waals surface area contributed by atoms with Crippen LogP contribution in [0.25, 0.3) is 0 Å². The van der Waals surface area contributed by atoms with Crippen LogP contribution in [0.3, 0.4) is 0 Å². The summed E-state index contributed by atoms with van der Waals surface area (Å²) in [6.45, 7) is 2.89. The molecule has 0 spiro atoms. The number of hydrogen-bond donors (Lipinski definition) is 2. The zero-order valence-electron chi connectivity index (χ0n) is 6.78. The highest BCUT2D eigenvalue weighted by molar-refractivity contribution is 7.87. The summed E-state index contributed by atoms with van der Waals surface area (Å²) in [5.41, 5.74) is 0. The first kappa shape index (κ1) is 8.43. The van der Waals surface area contributed by atoms with E-state index in [2.05, 4.69) is 10.0 Å². The maximum absolute atomic E-state index is 11.3. The molecule has 0 aliphatic carbocycles. The van der Waals surface area contributed by atoms with Crippen LogP contribution in [0.2, 0.25) is 0 Å². The third-order valence-electron chi connectivity index (χ3n) is 2.37. The van der Waals surface area contributed by atoms with E-state index in [1.165, 1.54) is 0 Å². The highest BCUT2D eigenvalue weighted by atomic mass is 32.2. The lowest BCUT2D eigenvalue weighted by Gasteiger charge is -2.19. The molecule has 6 heteroatoms. The number of nitrogens with zero attached hydrogens (tertiary/aromatic N) is 1. The summed E-state index contributed by atoms with van der Waals surface area (Å²) in [4.78, 5) is 0. The zero-order chi connectivity index (χ0) is 8.60. The van der Waals surface area contributed by atoms with E-state index < -0.39 is 10.2 Å².